The molecule has 0 saturated heterocycles. The molecule has 0 unspecified atom stereocenters. The highest BCUT2D eigenvalue weighted by Crippen LogP contribution is 2.29. The van der Waals surface area contributed by atoms with Crippen molar-refractivity contribution in [1.82, 2.24) is 0 Å². The largest absolute Gasteiger partial charge is 0.489 e. The Hall–Kier alpha value is -0.830. The number of hydrogen-bond donors (Lipinski definition) is 0. The summed E-state index contributed by atoms with van der Waals surface area (Å²) >= 11 is 3.39. The lowest BCUT2D eigenvalue weighted by Gasteiger charge is -2.17. The van der Waals surface area contributed by atoms with Gasteiger partial charge < -0.3 is 4.74 Å². The summed E-state index contributed by atoms with van der Waals surface area (Å²) in [6.07, 6.45) is 2.87. The van der Waals surface area contributed by atoms with E-state index >= 15 is 0 Å². The zero-order chi connectivity index (χ0) is 11.3. The Labute approximate surface area is 98.8 Å². The maximum atomic E-state index is 10.8. The minimum atomic E-state index is 0.169. The van der Waals surface area contributed by atoms with Crippen LogP contribution in [-0.2, 0) is 0 Å². The molecule has 1 aromatic rings. The Bertz CT molecular complexity index is 332. The van der Waals surface area contributed by atoms with Crippen molar-refractivity contribution in [2.45, 2.75) is 32.8 Å². The fourth-order valence-corrected chi connectivity index (χ4v) is 1.84. The highest BCUT2D eigenvalue weighted by atomic mass is 79.9. The summed E-state index contributed by atoms with van der Waals surface area (Å²) in [7, 11) is 0. The summed E-state index contributed by atoms with van der Waals surface area (Å²) in [5, 5.41) is 0. The van der Waals surface area contributed by atoms with E-state index in [1.807, 2.05) is 12.1 Å². The molecule has 2 nitrogen and oxygen atoms in total. The second-order valence-corrected chi connectivity index (χ2v) is 4.19. The van der Waals surface area contributed by atoms with Crippen molar-refractivity contribution in [3.63, 3.8) is 0 Å². The normalized spacial score (nSPS) is 10.4. The van der Waals surface area contributed by atoms with E-state index < -0.39 is 0 Å². The van der Waals surface area contributed by atoms with Crippen molar-refractivity contribution >= 4 is 22.2 Å². The Morgan fingerprint density at radius 2 is 2.07 bits per heavy atom. The van der Waals surface area contributed by atoms with E-state index in [1.54, 1.807) is 6.07 Å². The molecule has 3 heteroatoms. The molecule has 0 aliphatic carbocycles. The van der Waals surface area contributed by atoms with Crippen molar-refractivity contribution in [3.8, 4) is 5.75 Å². The molecule has 0 radical (unpaired) electrons. The number of aldehydes is 1. The average Bonchev–Trinajstić information content (AvgIpc) is 2.27. The van der Waals surface area contributed by atoms with Crippen molar-refractivity contribution in [2.75, 3.05) is 0 Å². The lowest BCUT2D eigenvalue weighted by molar-refractivity contribution is 0.111. The van der Waals surface area contributed by atoms with E-state index in [0.717, 1.165) is 23.6 Å². The Balaban J connectivity index is 2.96. The van der Waals surface area contributed by atoms with Gasteiger partial charge in [-0.2, -0.15) is 0 Å². The van der Waals surface area contributed by atoms with Crippen LogP contribution in [-0.4, -0.2) is 12.4 Å². The van der Waals surface area contributed by atoms with Crippen molar-refractivity contribution in [1.29, 1.82) is 0 Å². The summed E-state index contributed by atoms with van der Waals surface area (Å²) in [4.78, 5) is 10.8. The molecular formula is C12H15BrO2. The van der Waals surface area contributed by atoms with Gasteiger partial charge >= 0.3 is 0 Å². The lowest BCUT2D eigenvalue weighted by Crippen LogP contribution is -2.15. The van der Waals surface area contributed by atoms with E-state index in [2.05, 4.69) is 29.8 Å². The number of hydrogen-bond acceptors (Lipinski definition) is 2. The van der Waals surface area contributed by atoms with Gasteiger partial charge in [-0.15, -0.1) is 0 Å². The number of ether oxygens (including phenoxy) is 1. The quantitative estimate of drug-likeness (QED) is 0.761. The fraction of sp³-hybridized carbons (Fsp3) is 0.417. The summed E-state index contributed by atoms with van der Waals surface area (Å²) in [5.74, 6) is 0.654. The number of carbonyl (C=O) groups is 1. The zero-order valence-electron chi connectivity index (χ0n) is 9.00. The van der Waals surface area contributed by atoms with Crippen LogP contribution >= 0.6 is 15.9 Å². The van der Waals surface area contributed by atoms with E-state index in [9.17, 15) is 4.79 Å². The van der Waals surface area contributed by atoms with Gasteiger partial charge in [0.15, 0.2) is 6.29 Å². The van der Waals surface area contributed by atoms with Gasteiger partial charge in [0, 0.05) is 0 Å². The molecule has 0 spiro atoms. The summed E-state index contributed by atoms with van der Waals surface area (Å²) in [6.45, 7) is 4.15. The third kappa shape index (κ3) is 3.06. The molecule has 0 amide bonds. The molecule has 1 rings (SSSR count). The van der Waals surface area contributed by atoms with Gasteiger partial charge in [0.2, 0.25) is 0 Å². The molecule has 0 N–H and O–H groups in total. The average molecular weight is 271 g/mol. The maximum absolute atomic E-state index is 10.8. The van der Waals surface area contributed by atoms with Gasteiger partial charge in [-0.05, 0) is 40.9 Å². The van der Waals surface area contributed by atoms with Crippen LogP contribution in [0.3, 0.4) is 0 Å². The molecule has 0 aromatic heterocycles. The lowest BCUT2D eigenvalue weighted by atomic mass is 10.2. The van der Waals surface area contributed by atoms with Gasteiger partial charge in [0.25, 0.3) is 0 Å². The first-order valence-electron chi connectivity index (χ1n) is 5.13. The van der Waals surface area contributed by atoms with Gasteiger partial charge in [-0.3, -0.25) is 4.79 Å². The predicted molar refractivity (Wildman–Crippen MR) is 64.5 cm³/mol. The van der Waals surface area contributed by atoms with Crippen LogP contribution < -0.4 is 4.74 Å². The van der Waals surface area contributed by atoms with Gasteiger partial charge in [0.05, 0.1) is 16.1 Å². The molecular weight excluding hydrogens is 256 g/mol. The van der Waals surface area contributed by atoms with Crippen molar-refractivity contribution in [2.24, 2.45) is 0 Å². The molecule has 0 bridgehead atoms. The molecule has 15 heavy (non-hydrogen) atoms. The van der Waals surface area contributed by atoms with E-state index in [-0.39, 0.29) is 6.10 Å². The van der Waals surface area contributed by atoms with Gasteiger partial charge in [0.1, 0.15) is 5.75 Å². The molecule has 1 aromatic carbocycles. The molecule has 82 valence electrons. The third-order valence-corrected chi connectivity index (χ3v) is 2.94. The number of benzene rings is 1. The minimum absolute atomic E-state index is 0.169. The number of para-hydroxylation sites is 1. The molecule has 0 atom stereocenters. The molecule has 0 saturated carbocycles. The van der Waals surface area contributed by atoms with Crippen LogP contribution in [0.15, 0.2) is 22.7 Å². The highest BCUT2D eigenvalue weighted by molar-refractivity contribution is 9.10. The highest BCUT2D eigenvalue weighted by Gasteiger charge is 2.11. The van der Waals surface area contributed by atoms with E-state index in [0.29, 0.717) is 11.3 Å². The first-order chi connectivity index (χ1) is 7.22. The van der Waals surface area contributed by atoms with Crippen LogP contribution in [0.2, 0.25) is 0 Å². The second-order valence-electron chi connectivity index (χ2n) is 3.33. The predicted octanol–water partition coefficient (Wildman–Crippen LogP) is 3.83. The second kappa shape index (κ2) is 5.91. The van der Waals surface area contributed by atoms with Crippen LogP contribution in [0.1, 0.15) is 37.0 Å². The number of halogens is 1. The first-order valence-corrected chi connectivity index (χ1v) is 5.92. The fourth-order valence-electron chi connectivity index (χ4n) is 1.36. The standard InChI is InChI=1S/C12H15BrO2/c1-3-10(4-2)15-12-9(8-14)6-5-7-11(12)13/h5-8,10H,3-4H2,1-2H3. The summed E-state index contributed by atoms with van der Waals surface area (Å²) in [6, 6.07) is 5.47. The SMILES string of the molecule is CCC(CC)Oc1c(Br)cccc1C=O. The number of rotatable bonds is 5. The topological polar surface area (TPSA) is 26.3 Å². The third-order valence-electron chi connectivity index (χ3n) is 2.32. The van der Waals surface area contributed by atoms with E-state index in [4.69, 9.17) is 4.74 Å². The smallest absolute Gasteiger partial charge is 0.153 e. The van der Waals surface area contributed by atoms with Crippen LogP contribution in [0.25, 0.3) is 0 Å². The molecule has 0 fully saturated rings. The Kier molecular flexibility index (Phi) is 4.82. The van der Waals surface area contributed by atoms with Crippen LogP contribution in [0.4, 0.5) is 0 Å². The molecule has 0 heterocycles. The number of carbonyl (C=O) groups excluding carboxylic acids is 1. The Morgan fingerprint density at radius 3 is 2.60 bits per heavy atom. The van der Waals surface area contributed by atoms with Crippen LogP contribution in [0, 0.1) is 0 Å². The molecule has 0 aliphatic rings. The van der Waals surface area contributed by atoms with Crippen LogP contribution in [0.5, 0.6) is 5.75 Å². The van der Waals surface area contributed by atoms with Gasteiger partial charge in [-0.25, -0.2) is 0 Å². The summed E-state index contributed by atoms with van der Waals surface area (Å²) < 4.78 is 6.62. The monoisotopic (exact) mass is 270 g/mol. The minimum Gasteiger partial charge on any atom is -0.489 e. The first kappa shape index (κ1) is 12.2. The summed E-state index contributed by atoms with van der Waals surface area (Å²) in [5.41, 5.74) is 0.594. The van der Waals surface area contributed by atoms with Gasteiger partial charge in [-0.1, -0.05) is 19.9 Å². The van der Waals surface area contributed by atoms with Crippen molar-refractivity contribution < 1.29 is 9.53 Å². The zero-order valence-corrected chi connectivity index (χ0v) is 10.6. The van der Waals surface area contributed by atoms with Crippen molar-refractivity contribution in [3.05, 3.63) is 28.2 Å². The molecule has 0 aliphatic heterocycles. The Morgan fingerprint density at radius 1 is 1.40 bits per heavy atom. The maximum Gasteiger partial charge on any atom is 0.153 e. The van der Waals surface area contributed by atoms with E-state index in [1.165, 1.54) is 0 Å².